The molecule has 11 heteroatoms. The molecule has 0 saturated heterocycles. The first kappa shape index (κ1) is 20.6. The number of hydrogen-bond donors (Lipinski definition) is 1. The van der Waals surface area contributed by atoms with Gasteiger partial charge in [0.05, 0.1) is 32.9 Å². The predicted octanol–water partition coefficient (Wildman–Crippen LogP) is 4.56. The maximum atomic E-state index is 14.0. The minimum Gasteiger partial charge on any atom is -0.382 e. The number of nitrogens with zero attached hydrogens (tertiary/aromatic N) is 4. The number of halogens is 4. The lowest BCUT2D eigenvalue weighted by molar-refractivity contribution is -0.125. The molecule has 2 heterocycles. The molecule has 1 amide bonds. The van der Waals surface area contributed by atoms with Gasteiger partial charge in [0.15, 0.2) is 0 Å². The van der Waals surface area contributed by atoms with Crippen molar-refractivity contribution in [1.82, 2.24) is 14.8 Å². The predicted molar refractivity (Wildman–Crippen MR) is 112 cm³/mol. The third-order valence-corrected chi connectivity index (χ3v) is 5.37. The SMILES string of the molecule is O=C(Nc1ncn(Cc2ccc(Cl)c(Cl)c2)n1)C1CC(c2c(F)cccc2Cl)=NO1. The molecule has 7 nitrogen and oxygen atoms in total. The molecule has 1 atom stereocenters. The lowest BCUT2D eigenvalue weighted by Gasteiger charge is -2.07. The van der Waals surface area contributed by atoms with Crippen LogP contribution in [0.2, 0.25) is 15.1 Å². The Bertz CT molecular complexity index is 1130. The zero-order valence-electron chi connectivity index (χ0n) is 15.2. The summed E-state index contributed by atoms with van der Waals surface area (Å²) in [5.41, 5.74) is 1.25. The maximum Gasteiger partial charge on any atom is 0.271 e. The summed E-state index contributed by atoms with van der Waals surface area (Å²) in [6.45, 7) is 0.388. The van der Waals surface area contributed by atoms with Crippen LogP contribution in [-0.2, 0) is 16.2 Å². The number of hydrogen-bond acceptors (Lipinski definition) is 5. The Morgan fingerprint density at radius 2 is 2.03 bits per heavy atom. The lowest BCUT2D eigenvalue weighted by atomic mass is 10.0. The topological polar surface area (TPSA) is 81.4 Å². The van der Waals surface area contributed by atoms with Gasteiger partial charge in [-0.25, -0.2) is 14.1 Å². The minimum absolute atomic E-state index is 0.0659. The summed E-state index contributed by atoms with van der Waals surface area (Å²) < 4.78 is 15.6. The van der Waals surface area contributed by atoms with Gasteiger partial charge in [-0.15, -0.1) is 5.10 Å². The van der Waals surface area contributed by atoms with E-state index in [0.29, 0.717) is 16.6 Å². The van der Waals surface area contributed by atoms with Gasteiger partial charge in [-0.3, -0.25) is 10.1 Å². The van der Waals surface area contributed by atoms with E-state index < -0.39 is 17.8 Å². The van der Waals surface area contributed by atoms with Gasteiger partial charge in [0.1, 0.15) is 12.1 Å². The van der Waals surface area contributed by atoms with E-state index in [1.54, 1.807) is 18.2 Å². The largest absolute Gasteiger partial charge is 0.382 e. The van der Waals surface area contributed by atoms with Crippen LogP contribution in [0.25, 0.3) is 0 Å². The van der Waals surface area contributed by atoms with Gasteiger partial charge in [-0.2, -0.15) is 0 Å². The summed E-state index contributed by atoms with van der Waals surface area (Å²) >= 11 is 18.0. The maximum absolute atomic E-state index is 14.0. The van der Waals surface area contributed by atoms with E-state index in [0.717, 1.165) is 5.56 Å². The quantitative estimate of drug-likeness (QED) is 0.595. The van der Waals surface area contributed by atoms with Crippen LogP contribution >= 0.6 is 34.8 Å². The molecule has 1 N–H and O–H groups in total. The van der Waals surface area contributed by atoms with Crippen LogP contribution in [-0.4, -0.2) is 32.5 Å². The first-order valence-corrected chi connectivity index (χ1v) is 9.85. The molecule has 2 aromatic carbocycles. The highest BCUT2D eigenvalue weighted by atomic mass is 35.5. The molecule has 1 aliphatic rings. The molecule has 154 valence electrons. The first-order chi connectivity index (χ1) is 14.4. The van der Waals surface area contributed by atoms with Crippen molar-refractivity contribution in [3.63, 3.8) is 0 Å². The second kappa shape index (κ2) is 8.59. The molecule has 0 fully saturated rings. The van der Waals surface area contributed by atoms with E-state index in [2.05, 4.69) is 20.6 Å². The van der Waals surface area contributed by atoms with Crippen LogP contribution < -0.4 is 5.32 Å². The van der Waals surface area contributed by atoms with E-state index in [-0.39, 0.29) is 28.7 Å². The highest BCUT2D eigenvalue weighted by molar-refractivity contribution is 6.42. The van der Waals surface area contributed by atoms with Crippen LogP contribution in [0.3, 0.4) is 0 Å². The number of amides is 1. The number of rotatable bonds is 5. The average molecular weight is 469 g/mol. The van der Waals surface area contributed by atoms with E-state index in [9.17, 15) is 9.18 Å². The molecule has 0 spiro atoms. The van der Waals surface area contributed by atoms with Crippen molar-refractivity contribution in [2.45, 2.75) is 19.1 Å². The summed E-state index contributed by atoms with van der Waals surface area (Å²) in [5.74, 6) is -0.942. The number of anilines is 1. The summed E-state index contributed by atoms with van der Waals surface area (Å²) in [5, 5.41) is 11.7. The molecule has 0 saturated carbocycles. The summed E-state index contributed by atoms with van der Waals surface area (Å²) in [6, 6.07) is 9.52. The molecular weight excluding hydrogens is 456 g/mol. The summed E-state index contributed by atoms with van der Waals surface area (Å²) in [6.07, 6.45) is 0.586. The highest BCUT2D eigenvalue weighted by Crippen LogP contribution is 2.26. The minimum atomic E-state index is -0.947. The van der Waals surface area contributed by atoms with Gasteiger partial charge >= 0.3 is 0 Å². The Morgan fingerprint density at radius 1 is 1.20 bits per heavy atom. The Balaban J connectivity index is 1.38. The standard InChI is InChI=1S/C19H13Cl3FN5O2/c20-11-5-4-10(6-13(11)22)8-28-9-24-19(26-28)25-18(29)16-7-15(27-30-16)17-12(21)2-1-3-14(17)23/h1-6,9,16H,7-8H2,(H,25,26,29). The number of benzene rings is 2. The van der Waals surface area contributed by atoms with Crippen molar-refractivity contribution in [1.29, 1.82) is 0 Å². The van der Waals surface area contributed by atoms with Crippen molar-refractivity contribution in [2.75, 3.05) is 5.32 Å². The molecule has 4 rings (SSSR count). The average Bonchev–Trinajstić information content (AvgIpc) is 3.35. The Labute approximate surface area is 185 Å². The Kier molecular flexibility index (Phi) is 5.90. The van der Waals surface area contributed by atoms with Gasteiger partial charge in [0, 0.05) is 6.42 Å². The van der Waals surface area contributed by atoms with Crippen molar-refractivity contribution < 1.29 is 14.0 Å². The zero-order valence-corrected chi connectivity index (χ0v) is 17.4. The normalized spacial score (nSPS) is 15.6. The van der Waals surface area contributed by atoms with Crippen molar-refractivity contribution in [3.8, 4) is 0 Å². The highest BCUT2D eigenvalue weighted by Gasteiger charge is 2.31. The van der Waals surface area contributed by atoms with Gasteiger partial charge in [-0.1, -0.05) is 52.1 Å². The second-order valence-electron chi connectivity index (χ2n) is 6.44. The first-order valence-electron chi connectivity index (χ1n) is 8.72. The van der Waals surface area contributed by atoms with Crippen LogP contribution in [0.1, 0.15) is 17.5 Å². The van der Waals surface area contributed by atoms with Crippen molar-refractivity contribution in [3.05, 3.63) is 74.7 Å². The monoisotopic (exact) mass is 467 g/mol. The third-order valence-electron chi connectivity index (χ3n) is 4.31. The Morgan fingerprint density at radius 3 is 2.80 bits per heavy atom. The molecule has 0 bridgehead atoms. The van der Waals surface area contributed by atoms with Crippen LogP contribution in [0.15, 0.2) is 47.9 Å². The van der Waals surface area contributed by atoms with E-state index in [1.165, 1.54) is 23.1 Å². The van der Waals surface area contributed by atoms with E-state index >= 15 is 0 Å². The molecule has 1 aromatic heterocycles. The third kappa shape index (κ3) is 4.40. The smallest absolute Gasteiger partial charge is 0.271 e. The molecule has 0 radical (unpaired) electrons. The van der Waals surface area contributed by atoms with Crippen molar-refractivity contribution >= 4 is 52.4 Å². The Hall–Kier alpha value is -2.68. The van der Waals surface area contributed by atoms with Gasteiger partial charge in [0.25, 0.3) is 5.91 Å². The van der Waals surface area contributed by atoms with Gasteiger partial charge in [0.2, 0.25) is 12.1 Å². The molecular formula is C19H13Cl3FN5O2. The molecule has 30 heavy (non-hydrogen) atoms. The molecule has 0 aliphatic carbocycles. The van der Waals surface area contributed by atoms with E-state index in [4.69, 9.17) is 39.6 Å². The van der Waals surface area contributed by atoms with Gasteiger partial charge < -0.3 is 4.84 Å². The van der Waals surface area contributed by atoms with Crippen LogP contribution in [0.4, 0.5) is 10.3 Å². The zero-order chi connectivity index (χ0) is 21.3. The molecule has 3 aromatic rings. The summed E-state index contributed by atoms with van der Waals surface area (Å²) in [4.78, 5) is 21.7. The number of carbonyl (C=O) groups excluding carboxylic acids is 1. The van der Waals surface area contributed by atoms with Crippen molar-refractivity contribution in [2.24, 2.45) is 5.16 Å². The number of nitrogens with one attached hydrogen (secondary N) is 1. The van der Waals surface area contributed by atoms with Gasteiger partial charge in [-0.05, 0) is 29.8 Å². The number of aromatic nitrogens is 3. The second-order valence-corrected chi connectivity index (χ2v) is 7.66. The summed E-state index contributed by atoms with van der Waals surface area (Å²) in [7, 11) is 0. The fourth-order valence-corrected chi connectivity index (χ4v) is 3.48. The number of carbonyl (C=O) groups is 1. The fraction of sp³-hybridized carbons (Fsp3) is 0.158. The molecule has 1 unspecified atom stereocenters. The van der Waals surface area contributed by atoms with Crippen LogP contribution in [0.5, 0.6) is 0 Å². The molecule has 1 aliphatic heterocycles. The lowest BCUT2D eigenvalue weighted by Crippen LogP contribution is -2.28. The van der Waals surface area contributed by atoms with E-state index in [1.807, 2.05) is 6.07 Å². The fourth-order valence-electron chi connectivity index (χ4n) is 2.88. The van der Waals surface area contributed by atoms with Crippen LogP contribution in [0, 0.1) is 5.82 Å². The number of oxime groups is 1.